The molecule has 4 nitrogen and oxygen atoms in total. The standard InChI is InChI=1S/C16H22N2O2/c1-3-18(2)12-11-17-16(20)15-9-7-14(8-10-15)6-4-5-13-19/h7-10,19H,3,5,11-13H2,1-2H3,(H,17,20). The van der Waals surface area contributed by atoms with E-state index in [1.807, 2.05) is 19.2 Å². The molecule has 0 fully saturated rings. The number of benzene rings is 1. The third kappa shape index (κ3) is 5.87. The van der Waals surface area contributed by atoms with Gasteiger partial charge in [-0.15, -0.1) is 0 Å². The Labute approximate surface area is 120 Å². The molecule has 0 atom stereocenters. The fourth-order valence-corrected chi connectivity index (χ4v) is 1.55. The number of rotatable bonds is 6. The van der Waals surface area contributed by atoms with Crippen LogP contribution < -0.4 is 5.32 Å². The third-order valence-electron chi connectivity index (χ3n) is 2.94. The summed E-state index contributed by atoms with van der Waals surface area (Å²) < 4.78 is 0. The largest absolute Gasteiger partial charge is 0.395 e. The van der Waals surface area contributed by atoms with Gasteiger partial charge in [0.1, 0.15) is 0 Å². The van der Waals surface area contributed by atoms with Crippen molar-refractivity contribution in [2.24, 2.45) is 0 Å². The SMILES string of the molecule is CCN(C)CCNC(=O)c1ccc(C#CCCO)cc1. The zero-order valence-electron chi connectivity index (χ0n) is 12.1. The van der Waals surface area contributed by atoms with E-state index in [4.69, 9.17) is 5.11 Å². The maximum atomic E-state index is 11.9. The summed E-state index contributed by atoms with van der Waals surface area (Å²) in [5.74, 6) is 5.71. The molecule has 0 saturated heterocycles. The minimum absolute atomic E-state index is 0.0654. The minimum Gasteiger partial charge on any atom is -0.395 e. The van der Waals surface area contributed by atoms with Gasteiger partial charge in [-0.05, 0) is 37.9 Å². The number of hydrogen-bond donors (Lipinski definition) is 2. The van der Waals surface area contributed by atoms with E-state index in [0.29, 0.717) is 18.5 Å². The van der Waals surface area contributed by atoms with E-state index in [-0.39, 0.29) is 12.5 Å². The van der Waals surface area contributed by atoms with Gasteiger partial charge in [-0.2, -0.15) is 0 Å². The molecule has 2 N–H and O–H groups in total. The molecule has 1 aromatic carbocycles. The van der Waals surface area contributed by atoms with Crippen molar-refractivity contribution >= 4 is 5.91 Å². The fourth-order valence-electron chi connectivity index (χ4n) is 1.55. The van der Waals surface area contributed by atoms with E-state index in [0.717, 1.165) is 18.7 Å². The van der Waals surface area contributed by atoms with Crippen molar-refractivity contribution in [1.82, 2.24) is 10.2 Å². The zero-order chi connectivity index (χ0) is 14.8. The van der Waals surface area contributed by atoms with E-state index in [2.05, 4.69) is 29.0 Å². The Morgan fingerprint density at radius 3 is 2.65 bits per heavy atom. The molecule has 108 valence electrons. The van der Waals surface area contributed by atoms with E-state index < -0.39 is 0 Å². The second kappa shape index (κ2) is 9.13. The highest BCUT2D eigenvalue weighted by molar-refractivity contribution is 5.94. The molecule has 0 aliphatic carbocycles. The molecule has 0 saturated carbocycles. The lowest BCUT2D eigenvalue weighted by Gasteiger charge is -2.13. The third-order valence-corrected chi connectivity index (χ3v) is 2.94. The van der Waals surface area contributed by atoms with Crippen LogP contribution in [0.3, 0.4) is 0 Å². The lowest BCUT2D eigenvalue weighted by Crippen LogP contribution is -2.32. The van der Waals surface area contributed by atoms with Crippen LogP contribution in [0.1, 0.15) is 29.3 Å². The number of carbonyl (C=O) groups is 1. The number of carbonyl (C=O) groups excluding carboxylic acids is 1. The second-order valence-electron chi connectivity index (χ2n) is 4.50. The number of nitrogens with zero attached hydrogens (tertiary/aromatic N) is 1. The van der Waals surface area contributed by atoms with Crippen molar-refractivity contribution in [3.8, 4) is 11.8 Å². The van der Waals surface area contributed by atoms with Crippen LogP contribution in [0.2, 0.25) is 0 Å². The van der Waals surface area contributed by atoms with Crippen molar-refractivity contribution in [2.45, 2.75) is 13.3 Å². The molecular formula is C16H22N2O2. The summed E-state index contributed by atoms with van der Waals surface area (Å²) in [6.45, 7) is 4.60. The highest BCUT2D eigenvalue weighted by Gasteiger charge is 2.04. The van der Waals surface area contributed by atoms with E-state index >= 15 is 0 Å². The smallest absolute Gasteiger partial charge is 0.251 e. The second-order valence-corrected chi connectivity index (χ2v) is 4.50. The molecule has 0 heterocycles. The quantitative estimate of drug-likeness (QED) is 0.764. The normalized spacial score (nSPS) is 10.0. The van der Waals surface area contributed by atoms with Crippen molar-refractivity contribution in [1.29, 1.82) is 0 Å². The van der Waals surface area contributed by atoms with Crippen LogP contribution >= 0.6 is 0 Å². The number of amides is 1. The lowest BCUT2D eigenvalue weighted by molar-refractivity contribution is 0.0950. The Bertz CT molecular complexity index is 471. The summed E-state index contributed by atoms with van der Waals surface area (Å²) in [5.41, 5.74) is 1.48. The first-order valence-electron chi connectivity index (χ1n) is 6.84. The topological polar surface area (TPSA) is 52.6 Å². The lowest BCUT2D eigenvalue weighted by atomic mass is 10.1. The van der Waals surface area contributed by atoms with E-state index in [9.17, 15) is 4.79 Å². The van der Waals surface area contributed by atoms with Crippen LogP contribution in [0, 0.1) is 11.8 Å². The monoisotopic (exact) mass is 274 g/mol. The Hall–Kier alpha value is -1.83. The summed E-state index contributed by atoms with van der Waals surface area (Å²) in [6.07, 6.45) is 0.465. The van der Waals surface area contributed by atoms with Gasteiger partial charge in [0.05, 0.1) is 6.61 Å². The van der Waals surface area contributed by atoms with Gasteiger partial charge in [0, 0.05) is 30.6 Å². The Balaban J connectivity index is 2.47. The first kappa shape index (κ1) is 16.2. The maximum Gasteiger partial charge on any atom is 0.251 e. The predicted octanol–water partition coefficient (Wildman–Crippen LogP) is 1.10. The molecule has 0 unspecified atom stereocenters. The van der Waals surface area contributed by atoms with Crippen molar-refractivity contribution < 1.29 is 9.90 Å². The Kier molecular flexibility index (Phi) is 7.41. The molecule has 1 amide bonds. The number of aliphatic hydroxyl groups excluding tert-OH is 1. The van der Waals surface area contributed by atoms with Gasteiger partial charge in [-0.25, -0.2) is 0 Å². The molecule has 0 bridgehead atoms. The van der Waals surface area contributed by atoms with Gasteiger partial charge in [-0.1, -0.05) is 18.8 Å². The van der Waals surface area contributed by atoms with Crippen molar-refractivity contribution in [2.75, 3.05) is 33.3 Å². The molecule has 20 heavy (non-hydrogen) atoms. The van der Waals surface area contributed by atoms with Gasteiger partial charge in [-0.3, -0.25) is 4.79 Å². The first-order valence-corrected chi connectivity index (χ1v) is 6.84. The predicted molar refractivity (Wildman–Crippen MR) is 80.5 cm³/mol. The molecule has 0 aliphatic heterocycles. The average molecular weight is 274 g/mol. The van der Waals surface area contributed by atoms with Crippen LogP contribution in [-0.4, -0.2) is 49.2 Å². The van der Waals surface area contributed by atoms with Crippen LogP contribution in [0.25, 0.3) is 0 Å². The zero-order valence-corrected chi connectivity index (χ0v) is 12.1. The van der Waals surface area contributed by atoms with Gasteiger partial charge in [0.2, 0.25) is 0 Å². The highest BCUT2D eigenvalue weighted by atomic mass is 16.2. The molecule has 0 aliphatic rings. The Morgan fingerprint density at radius 1 is 1.35 bits per heavy atom. The number of likely N-dealkylation sites (N-methyl/N-ethyl adjacent to an activating group) is 1. The van der Waals surface area contributed by atoms with E-state index in [1.54, 1.807) is 12.1 Å². The average Bonchev–Trinajstić information content (AvgIpc) is 2.48. The highest BCUT2D eigenvalue weighted by Crippen LogP contribution is 2.03. The molecule has 1 rings (SSSR count). The number of aliphatic hydroxyl groups is 1. The first-order chi connectivity index (χ1) is 9.67. The van der Waals surface area contributed by atoms with Gasteiger partial charge < -0.3 is 15.3 Å². The van der Waals surface area contributed by atoms with Gasteiger partial charge in [0.15, 0.2) is 0 Å². The van der Waals surface area contributed by atoms with Crippen molar-refractivity contribution in [3.05, 3.63) is 35.4 Å². The van der Waals surface area contributed by atoms with E-state index in [1.165, 1.54) is 0 Å². The molecule has 1 aromatic rings. The van der Waals surface area contributed by atoms with Gasteiger partial charge in [0.25, 0.3) is 5.91 Å². The summed E-state index contributed by atoms with van der Waals surface area (Å²) in [7, 11) is 2.02. The van der Waals surface area contributed by atoms with Crippen molar-refractivity contribution in [3.63, 3.8) is 0 Å². The van der Waals surface area contributed by atoms with Gasteiger partial charge >= 0.3 is 0 Å². The molecular weight excluding hydrogens is 252 g/mol. The fraction of sp³-hybridized carbons (Fsp3) is 0.438. The molecule has 0 aromatic heterocycles. The van der Waals surface area contributed by atoms with Crippen LogP contribution in [0.15, 0.2) is 24.3 Å². The summed E-state index contributed by atoms with van der Waals surface area (Å²) in [6, 6.07) is 7.17. The maximum absolute atomic E-state index is 11.9. The minimum atomic E-state index is -0.0654. The van der Waals surface area contributed by atoms with Crippen LogP contribution in [0.5, 0.6) is 0 Å². The number of hydrogen-bond acceptors (Lipinski definition) is 3. The van der Waals surface area contributed by atoms with Crippen LogP contribution in [0.4, 0.5) is 0 Å². The number of nitrogens with one attached hydrogen (secondary N) is 1. The summed E-state index contributed by atoms with van der Waals surface area (Å²) in [4.78, 5) is 14.0. The molecule has 4 heteroatoms. The molecule has 0 radical (unpaired) electrons. The Morgan fingerprint density at radius 2 is 2.05 bits per heavy atom. The summed E-state index contributed by atoms with van der Waals surface area (Å²) in [5, 5.41) is 11.5. The molecule has 0 spiro atoms. The van der Waals surface area contributed by atoms with Crippen LogP contribution in [-0.2, 0) is 0 Å². The summed E-state index contributed by atoms with van der Waals surface area (Å²) >= 11 is 0.